The molecule has 0 aliphatic heterocycles. The standard InChI is InChI=1S/C13H22/c1-3-5-7-9-11-13-12-10-8-6-4-2/h3,5,7,11H,4,6,8,10,12-13H2,1-2H3. The first-order chi connectivity index (χ1) is 6.41. The van der Waals surface area contributed by atoms with Crippen LogP contribution in [0.3, 0.4) is 0 Å². The third kappa shape index (κ3) is 11.3. The lowest BCUT2D eigenvalue weighted by Gasteiger charge is -1.94. The van der Waals surface area contributed by atoms with E-state index in [9.17, 15) is 0 Å². The fourth-order valence-corrected chi connectivity index (χ4v) is 1.15. The molecule has 0 saturated heterocycles. The summed E-state index contributed by atoms with van der Waals surface area (Å²) in [5.41, 5.74) is 3.14. The van der Waals surface area contributed by atoms with Crippen molar-refractivity contribution in [3.63, 3.8) is 0 Å². The van der Waals surface area contributed by atoms with E-state index in [1.807, 2.05) is 25.2 Å². The lowest BCUT2D eigenvalue weighted by atomic mass is 10.1. The molecule has 0 heterocycles. The summed E-state index contributed by atoms with van der Waals surface area (Å²) in [6.07, 6.45) is 16.1. The maximum atomic E-state index is 3.14. The molecule has 0 saturated carbocycles. The largest absolute Gasteiger partial charge is 0.125 e. The Hall–Kier alpha value is -0.740. The van der Waals surface area contributed by atoms with E-state index in [1.54, 1.807) is 0 Å². The summed E-state index contributed by atoms with van der Waals surface area (Å²) in [7, 11) is 0. The van der Waals surface area contributed by atoms with Crippen molar-refractivity contribution >= 4 is 0 Å². The number of unbranched alkanes of at least 4 members (excludes halogenated alkanes) is 5. The molecule has 0 aromatic heterocycles. The van der Waals surface area contributed by atoms with E-state index < -0.39 is 0 Å². The van der Waals surface area contributed by atoms with Gasteiger partial charge in [-0.3, -0.25) is 0 Å². The maximum absolute atomic E-state index is 3.14. The molecule has 0 bridgehead atoms. The van der Waals surface area contributed by atoms with Gasteiger partial charge in [-0.1, -0.05) is 44.8 Å². The summed E-state index contributed by atoms with van der Waals surface area (Å²) in [5.74, 6) is 0. The zero-order valence-corrected chi connectivity index (χ0v) is 9.05. The van der Waals surface area contributed by atoms with Gasteiger partial charge in [0.1, 0.15) is 0 Å². The molecule has 0 nitrogen and oxygen atoms in total. The molecule has 0 radical (unpaired) electrons. The summed E-state index contributed by atoms with van der Waals surface area (Å²) in [4.78, 5) is 0. The first kappa shape index (κ1) is 12.3. The Morgan fingerprint density at radius 2 is 1.85 bits per heavy atom. The van der Waals surface area contributed by atoms with Crippen LogP contribution in [0.2, 0.25) is 0 Å². The van der Waals surface area contributed by atoms with Crippen molar-refractivity contribution in [3.8, 4) is 0 Å². The van der Waals surface area contributed by atoms with Gasteiger partial charge in [-0.15, -0.1) is 5.73 Å². The van der Waals surface area contributed by atoms with E-state index in [0.29, 0.717) is 0 Å². The highest BCUT2D eigenvalue weighted by Gasteiger charge is 1.85. The van der Waals surface area contributed by atoms with Crippen molar-refractivity contribution in [2.24, 2.45) is 0 Å². The van der Waals surface area contributed by atoms with Gasteiger partial charge in [-0.25, -0.2) is 0 Å². The van der Waals surface area contributed by atoms with Crippen molar-refractivity contribution in [2.45, 2.75) is 52.4 Å². The van der Waals surface area contributed by atoms with Crippen LogP contribution < -0.4 is 0 Å². The monoisotopic (exact) mass is 178 g/mol. The minimum atomic E-state index is 1.18. The molecule has 0 aromatic rings. The first-order valence-electron chi connectivity index (χ1n) is 5.44. The van der Waals surface area contributed by atoms with E-state index in [0.717, 1.165) is 0 Å². The van der Waals surface area contributed by atoms with Crippen LogP contribution in [-0.4, -0.2) is 0 Å². The molecule has 0 aromatic carbocycles. The smallest absolute Gasteiger partial charge is 0.0206 e. The molecule has 0 heteroatoms. The Morgan fingerprint density at radius 1 is 1.08 bits per heavy atom. The zero-order chi connectivity index (χ0) is 9.78. The minimum Gasteiger partial charge on any atom is -0.125 e. The molecule has 13 heavy (non-hydrogen) atoms. The SMILES string of the molecule is CC=CC=C=CCCCCCCC. The average molecular weight is 178 g/mol. The van der Waals surface area contributed by atoms with Crippen LogP contribution in [0.4, 0.5) is 0 Å². The second kappa shape index (κ2) is 11.3. The van der Waals surface area contributed by atoms with Crippen LogP contribution in [0.15, 0.2) is 30.0 Å². The molecule has 0 aliphatic rings. The van der Waals surface area contributed by atoms with Gasteiger partial charge in [-0.2, -0.15) is 0 Å². The van der Waals surface area contributed by atoms with Gasteiger partial charge in [0, 0.05) is 0 Å². The third-order valence-electron chi connectivity index (χ3n) is 1.95. The molecule has 74 valence electrons. The summed E-state index contributed by atoms with van der Waals surface area (Å²) < 4.78 is 0. The predicted molar refractivity (Wildman–Crippen MR) is 60.8 cm³/mol. The molecule has 0 atom stereocenters. The molecular formula is C13H22. The number of hydrogen-bond donors (Lipinski definition) is 0. The number of rotatable bonds is 7. The normalized spacial score (nSPS) is 10.0. The van der Waals surface area contributed by atoms with Gasteiger partial charge >= 0.3 is 0 Å². The van der Waals surface area contributed by atoms with Crippen molar-refractivity contribution in [2.75, 3.05) is 0 Å². The summed E-state index contributed by atoms with van der Waals surface area (Å²) in [6, 6.07) is 0. The fraction of sp³-hybridized carbons (Fsp3) is 0.615. The number of hydrogen-bond acceptors (Lipinski definition) is 0. The Bertz CT molecular complexity index is 168. The lowest BCUT2D eigenvalue weighted by molar-refractivity contribution is 0.637. The van der Waals surface area contributed by atoms with E-state index in [2.05, 4.69) is 18.7 Å². The molecule has 0 N–H and O–H groups in total. The second-order valence-corrected chi connectivity index (χ2v) is 3.27. The maximum Gasteiger partial charge on any atom is -0.0206 e. The van der Waals surface area contributed by atoms with Gasteiger partial charge < -0.3 is 0 Å². The van der Waals surface area contributed by atoms with Crippen LogP contribution >= 0.6 is 0 Å². The second-order valence-electron chi connectivity index (χ2n) is 3.27. The van der Waals surface area contributed by atoms with Crippen molar-refractivity contribution in [3.05, 3.63) is 30.0 Å². The van der Waals surface area contributed by atoms with Gasteiger partial charge in [0.05, 0.1) is 0 Å². The van der Waals surface area contributed by atoms with Gasteiger partial charge in [0.2, 0.25) is 0 Å². The highest BCUT2D eigenvalue weighted by molar-refractivity contribution is 5.00. The predicted octanol–water partition coefficient (Wildman–Crippen LogP) is 4.63. The molecule has 0 amide bonds. The quantitative estimate of drug-likeness (QED) is 0.303. The Balaban J connectivity index is 3.19. The summed E-state index contributed by atoms with van der Waals surface area (Å²) in [5, 5.41) is 0. The van der Waals surface area contributed by atoms with Crippen LogP contribution in [0, 0.1) is 0 Å². The van der Waals surface area contributed by atoms with Crippen molar-refractivity contribution in [1.82, 2.24) is 0 Å². The van der Waals surface area contributed by atoms with Crippen LogP contribution in [-0.2, 0) is 0 Å². The Kier molecular flexibility index (Phi) is 10.6. The van der Waals surface area contributed by atoms with Crippen LogP contribution in [0.1, 0.15) is 52.4 Å². The van der Waals surface area contributed by atoms with Gasteiger partial charge in [-0.05, 0) is 31.9 Å². The summed E-state index contributed by atoms with van der Waals surface area (Å²) in [6.45, 7) is 4.27. The average Bonchev–Trinajstić information content (AvgIpc) is 2.16. The molecule has 0 rings (SSSR count). The van der Waals surface area contributed by atoms with E-state index in [4.69, 9.17) is 0 Å². The zero-order valence-electron chi connectivity index (χ0n) is 9.05. The minimum absolute atomic E-state index is 1.18. The van der Waals surface area contributed by atoms with E-state index in [-0.39, 0.29) is 0 Å². The van der Waals surface area contributed by atoms with Crippen molar-refractivity contribution < 1.29 is 0 Å². The van der Waals surface area contributed by atoms with Gasteiger partial charge in [0.25, 0.3) is 0 Å². The molecule has 0 fully saturated rings. The van der Waals surface area contributed by atoms with E-state index in [1.165, 1.54) is 38.5 Å². The number of allylic oxidation sites excluding steroid dienone is 3. The molecule has 0 spiro atoms. The lowest BCUT2D eigenvalue weighted by Crippen LogP contribution is -1.75. The molecular weight excluding hydrogens is 156 g/mol. The van der Waals surface area contributed by atoms with Crippen LogP contribution in [0.25, 0.3) is 0 Å². The topological polar surface area (TPSA) is 0 Å². The van der Waals surface area contributed by atoms with Crippen LogP contribution in [0.5, 0.6) is 0 Å². The van der Waals surface area contributed by atoms with E-state index >= 15 is 0 Å². The first-order valence-corrected chi connectivity index (χ1v) is 5.44. The Labute approximate surface area is 83.0 Å². The fourth-order valence-electron chi connectivity index (χ4n) is 1.15. The Morgan fingerprint density at radius 3 is 2.54 bits per heavy atom. The highest BCUT2D eigenvalue weighted by atomic mass is 13.9. The van der Waals surface area contributed by atoms with Crippen molar-refractivity contribution in [1.29, 1.82) is 0 Å². The highest BCUT2D eigenvalue weighted by Crippen LogP contribution is 2.04. The summed E-state index contributed by atoms with van der Waals surface area (Å²) >= 11 is 0. The third-order valence-corrected chi connectivity index (χ3v) is 1.95. The van der Waals surface area contributed by atoms with Gasteiger partial charge in [0.15, 0.2) is 0 Å². The molecule has 0 unspecified atom stereocenters. The molecule has 0 aliphatic carbocycles.